The lowest BCUT2D eigenvalue weighted by Crippen LogP contribution is -2.39. The number of aryl methyl sites for hydroxylation is 2. The summed E-state index contributed by atoms with van der Waals surface area (Å²) in [6.45, 7) is 3.76. The van der Waals surface area contributed by atoms with E-state index in [1.54, 1.807) is 23.1 Å². The Morgan fingerprint density at radius 2 is 1.70 bits per heavy atom. The maximum absolute atomic E-state index is 13.6. The van der Waals surface area contributed by atoms with E-state index in [-0.39, 0.29) is 24.2 Å². The van der Waals surface area contributed by atoms with E-state index in [4.69, 9.17) is 0 Å². The summed E-state index contributed by atoms with van der Waals surface area (Å²) >= 11 is 3.49. The van der Waals surface area contributed by atoms with Crippen LogP contribution in [0.15, 0.2) is 65.1 Å². The average molecular weight is 467 g/mol. The minimum Gasteiger partial charge on any atom is -0.324 e. The number of halogens is 2. The van der Waals surface area contributed by atoms with E-state index < -0.39 is 6.04 Å². The Bertz CT molecular complexity index is 1120. The Morgan fingerprint density at radius 1 is 1.03 bits per heavy atom. The molecule has 1 heterocycles. The summed E-state index contributed by atoms with van der Waals surface area (Å²) < 4.78 is 14.4. The minimum absolute atomic E-state index is 0.111. The third-order valence-corrected chi connectivity index (χ3v) is 5.62. The third kappa shape index (κ3) is 4.00. The topological polar surface area (TPSA) is 49.4 Å². The van der Waals surface area contributed by atoms with Crippen LogP contribution in [-0.4, -0.2) is 23.3 Å². The van der Waals surface area contributed by atoms with Gasteiger partial charge in [0, 0.05) is 21.3 Å². The highest BCUT2D eigenvalue weighted by Gasteiger charge is 2.34. The molecule has 1 atom stereocenters. The first-order valence-electron chi connectivity index (χ1n) is 9.56. The molecule has 1 aliphatic heterocycles. The molecule has 0 saturated heterocycles. The molecule has 4 rings (SSSR count). The molecule has 3 aromatic rings. The second-order valence-electron chi connectivity index (χ2n) is 7.54. The average Bonchev–Trinajstić information content (AvgIpc) is 2.83. The highest BCUT2D eigenvalue weighted by atomic mass is 79.9. The molecule has 0 saturated carbocycles. The fraction of sp³-hybridized carbons (Fsp3) is 0.167. The first-order valence-corrected chi connectivity index (χ1v) is 10.3. The van der Waals surface area contributed by atoms with E-state index >= 15 is 0 Å². The lowest BCUT2D eigenvalue weighted by atomic mass is 9.95. The lowest BCUT2D eigenvalue weighted by molar-refractivity contribution is -0.117. The second kappa shape index (κ2) is 8.03. The number of anilines is 1. The van der Waals surface area contributed by atoms with E-state index in [2.05, 4.69) is 21.2 Å². The van der Waals surface area contributed by atoms with Gasteiger partial charge < -0.3 is 10.2 Å². The smallest absolute Gasteiger partial charge is 0.255 e. The number of hydrogen-bond donors (Lipinski definition) is 1. The number of fused-ring (bicyclic) bond motifs is 1. The van der Waals surface area contributed by atoms with Gasteiger partial charge in [-0.05, 0) is 61.9 Å². The zero-order chi connectivity index (χ0) is 21.4. The zero-order valence-electron chi connectivity index (χ0n) is 16.6. The van der Waals surface area contributed by atoms with Crippen molar-refractivity contribution < 1.29 is 14.0 Å². The van der Waals surface area contributed by atoms with Crippen LogP contribution in [0, 0.1) is 19.7 Å². The van der Waals surface area contributed by atoms with E-state index in [0.29, 0.717) is 11.3 Å². The number of hydrogen-bond acceptors (Lipinski definition) is 2. The summed E-state index contributed by atoms with van der Waals surface area (Å²) in [6.07, 6.45) is 0. The summed E-state index contributed by atoms with van der Waals surface area (Å²) in [5, 5.41) is 2.89. The molecule has 152 valence electrons. The van der Waals surface area contributed by atoms with Gasteiger partial charge in [0.2, 0.25) is 5.91 Å². The Balaban J connectivity index is 1.90. The Hall–Kier alpha value is -2.99. The molecule has 1 N–H and O–H groups in total. The molecule has 2 amide bonds. The maximum Gasteiger partial charge on any atom is 0.255 e. The SMILES string of the molecule is Cc1cc(C)cc(C(=O)N2CC(=O)Nc3ccc(Br)cc3C2c2ccc(F)cc2)c1. The van der Waals surface area contributed by atoms with Crippen molar-refractivity contribution in [3.63, 3.8) is 0 Å². The molecule has 0 fully saturated rings. The molecule has 0 spiro atoms. The van der Waals surface area contributed by atoms with Crippen molar-refractivity contribution in [2.45, 2.75) is 19.9 Å². The highest BCUT2D eigenvalue weighted by Crippen LogP contribution is 2.38. The van der Waals surface area contributed by atoms with Crippen LogP contribution >= 0.6 is 15.9 Å². The van der Waals surface area contributed by atoms with Crippen molar-refractivity contribution in [3.05, 3.63) is 98.8 Å². The van der Waals surface area contributed by atoms with Crippen LogP contribution in [-0.2, 0) is 4.79 Å². The zero-order valence-corrected chi connectivity index (χ0v) is 18.2. The Labute approximate surface area is 182 Å². The van der Waals surface area contributed by atoms with Crippen LogP contribution in [0.5, 0.6) is 0 Å². The number of nitrogens with one attached hydrogen (secondary N) is 1. The maximum atomic E-state index is 13.6. The summed E-state index contributed by atoms with van der Waals surface area (Å²) in [6, 6.07) is 16.7. The van der Waals surface area contributed by atoms with Crippen molar-refractivity contribution in [3.8, 4) is 0 Å². The predicted molar refractivity (Wildman–Crippen MR) is 118 cm³/mol. The van der Waals surface area contributed by atoms with Gasteiger partial charge in [-0.1, -0.05) is 45.3 Å². The van der Waals surface area contributed by atoms with Crippen molar-refractivity contribution in [1.29, 1.82) is 0 Å². The molecule has 1 unspecified atom stereocenters. The fourth-order valence-corrected chi connectivity index (χ4v) is 4.31. The summed E-state index contributed by atoms with van der Waals surface area (Å²) in [5.74, 6) is -0.886. The number of rotatable bonds is 2. The Morgan fingerprint density at radius 3 is 2.37 bits per heavy atom. The normalized spacial score (nSPS) is 15.9. The second-order valence-corrected chi connectivity index (χ2v) is 8.46. The van der Waals surface area contributed by atoms with Gasteiger partial charge in [0.05, 0.1) is 6.04 Å². The van der Waals surface area contributed by atoms with E-state index in [1.165, 1.54) is 12.1 Å². The minimum atomic E-state index is -0.551. The van der Waals surface area contributed by atoms with Crippen LogP contribution < -0.4 is 5.32 Å². The first-order chi connectivity index (χ1) is 14.3. The molecule has 0 aliphatic carbocycles. The number of carbonyl (C=O) groups excluding carboxylic acids is 2. The highest BCUT2D eigenvalue weighted by molar-refractivity contribution is 9.10. The van der Waals surface area contributed by atoms with E-state index in [0.717, 1.165) is 26.7 Å². The molecular formula is C24H20BrFN2O2. The van der Waals surface area contributed by atoms with Crippen LogP contribution in [0.2, 0.25) is 0 Å². The third-order valence-electron chi connectivity index (χ3n) is 5.12. The molecule has 1 aliphatic rings. The van der Waals surface area contributed by atoms with Crippen molar-refractivity contribution >= 4 is 33.4 Å². The van der Waals surface area contributed by atoms with Gasteiger partial charge >= 0.3 is 0 Å². The van der Waals surface area contributed by atoms with Gasteiger partial charge in [-0.25, -0.2) is 4.39 Å². The summed E-state index contributed by atoms with van der Waals surface area (Å²) in [5.41, 5.74) is 4.59. The van der Waals surface area contributed by atoms with Crippen molar-refractivity contribution in [1.82, 2.24) is 4.90 Å². The lowest BCUT2D eigenvalue weighted by Gasteiger charge is -2.31. The van der Waals surface area contributed by atoms with Crippen molar-refractivity contribution in [2.24, 2.45) is 0 Å². The van der Waals surface area contributed by atoms with Gasteiger partial charge in [0.1, 0.15) is 12.4 Å². The molecule has 6 heteroatoms. The standard InChI is InChI=1S/C24H20BrFN2O2/c1-14-9-15(2)11-17(10-14)24(30)28-13-22(29)27-21-8-5-18(25)12-20(21)23(28)16-3-6-19(26)7-4-16/h3-12,23H,13H2,1-2H3,(H,27,29). The van der Waals surface area contributed by atoms with Crippen LogP contribution in [0.25, 0.3) is 0 Å². The molecule has 0 aromatic heterocycles. The van der Waals surface area contributed by atoms with Gasteiger partial charge in [-0.15, -0.1) is 0 Å². The summed E-state index contributed by atoms with van der Waals surface area (Å²) in [7, 11) is 0. The molecule has 3 aromatic carbocycles. The number of amides is 2. The number of carbonyl (C=O) groups is 2. The molecular weight excluding hydrogens is 447 g/mol. The Kier molecular flexibility index (Phi) is 5.43. The monoisotopic (exact) mass is 466 g/mol. The van der Waals surface area contributed by atoms with Crippen molar-refractivity contribution in [2.75, 3.05) is 11.9 Å². The molecule has 4 nitrogen and oxygen atoms in total. The number of benzene rings is 3. The molecule has 0 bridgehead atoms. The quantitative estimate of drug-likeness (QED) is 0.550. The van der Waals surface area contributed by atoms with Gasteiger partial charge in [0.15, 0.2) is 0 Å². The fourth-order valence-electron chi connectivity index (χ4n) is 3.93. The van der Waals surface area contributed by atoms with Gasteiger partial charge in [0.25, 0.3) is 5.91 Å². The van der Waals surface area contributed by atoms with E-state index in [1.807, 2.05) is 44.2 Å². The first kappa shape index (κ1) is 20.3. The van der Waals surface area contributed by atoms with Gasteiger partial charge in [-0.3, -0.25) is 9.59 Å². The number of nitrogens with zero attached hydrogens (tertiary/aromatic N) is 1. The van der Waals surface area contributed by atoms with Crippen LogP contribution in [0.4, 0.5) is 10.1 Å². The predicted octanol–water partition coefficient (Wildman–Crippen LogP) is 5.39. The van der Waals surface area contributed by atoms with Crippen LogP contribution in [0.3, 0.4) is 0 Å². The van der Waals surface area contributed by atoms with Crippen LogP contribution in [0.1, 0.15) is 38.7 Å². The summed E-state index contributed by atoms with van der Waals surface area (Å²) in [4.78, 5) is 27.8. The van der Waals surface area contributed by atoms with E-state index in [9.17, 15) is 14.0 Å². The largest absolute Gasteiger partial charge is 0.324 e. The molecule has 0 radical (unpaired) electrons. The van der Waals surface area contributed by atoms with Gasteiger partial charge in [-0.2, -0.15) is 0 Å². The molecule has 30 heavy (non-hydrogen) atoms.